The number of aromatic nitrogens is 6. The minimum atomic E-state index is 0.617. The van der Waals surface area contributed by atoms with Gasteiger partial charge in [0.2, 0.25) is 0 Å². The number of ether oxygens (including phenoxy) is 1. The van der Waals surface area contributed by atoms with Crippen LogP contribution in [0.1, 0.15) is 0 Å². The smallest absolute Gasteiger partial charge is 0.182 e. The Morgan fingerprint density at radius 2 is 1.74 bits per heavy atom. The van der Waals surface area contributed by atoms with Crippen molar-refractivity contribution < 1.29 is 4.74 Å². The molecule has 0 bridgehead atoms. The Bertz CT molecular complexity index is 1260. The highest BCUT2D eigenvalue weighted by Crippen LogP contribution is 2.24. The van der Waals surface area contributed by atoms with E-state index in [1.165, 1.54) is 0 Å². The third-order valence-electron chi connectivity index (χ3n) is 4.32. The normalized spacial score (nSPS) is 11.3. The van der Waals surface area contributed by atoms with Crippen molar-refractivity contribution in [2.24, 2.45) is 0 Å². The molecule has 0 saturated carbocycles. The number of hydrogen-bond donors (Lipinski definition) is 0. The molecule has 0 spiro atoms. The molecular formula is C19H13ClN6O. The molecular weight excluding hydrogens is 364 g/mol. The monoisotopic (exact) mass is 376 g/mol. The molecule has 2 aromatic carbocycles. The highest BCUT2D eigenvalue weighted by atomic mass is 35.5. The summed E-state index contributed by atoms with van der Waals surface area (Å²) in [6.45, 7) is 0. The highest BCUT2D eigenvalue weighted by Gasteiger charge is 2.14. The van der Waals surface area contributed by atoms with E-state index in [0.29, 0.717) is 22.1 Å². The van der Waals surface area contributed by atoms with Crippen LogP contribution in [0.15, 0.2) is 61.1 Å². The summed E-state index contributed by atoms with van der Waals surface area (Å²) in [6, 6.07) is 15.1. The molecule has 132 valence electrons. The Morgan fingerprint density at radius 1 is 0.963 bits per heavy atom. The van der Waals surface area contributed by atoms with E-state index in [9.17, 15) is 0 Å². The van der Waals surface area contributed by atoms with E-state index in [0.717, 1.165) is 22.4 Å². The summed E-state index contributed by atoms with van der Waals surface area (Å²) in [7, 11) is 1.64. The Balaban J connectivity index is 1.64. The molecule has 27 heavy (non-hydrogen) atoms. The molecule has 0 radical (unpaired) electrons. The molecule has 5 aromatic rings. The molecule has 3 aromatic heterocycles. The van der Waals surface area contributed by atoms with Crippen LogP contribution in [0.25, 0.3) is 33.8 Å². The molecule has 0 N–H and O–H groups in total. The predicted molar refractivity (Wildman–Crippen MR) is 102 cm³/mol. The summed E-state index contributed by atoms with van der Waals surface area (Å²) in [5, 5.41) is 10.5. The van der Waals surface area contributed by atoms with Gasteiger partial charge in [0.25, 0.3) is 0 Å². The van der Waals surface area contributed by atoms with Gasteiger partial charge in [-0.1, -0.05) is 11.6 Å². The highest BCUT2D eigenvalue weighted by molar-refractivity contribution is 6.30. The zero-order valence-corrected chi connectivity index (χ0v) is 15.0. The van der Waals surface area contributed by atoms with E-state index >= 15 is 0 Å². The molecule has 5 rings (SSSR count). The third-order valence-corrected chi connectivity index (χ3v) is 4.58. The molecule has 8 heteroatoms. The number of fused-ring (bicyclic) bond motifs is 3. The van der Waals surface area contributed by atoms with Gasteiger partial charge in [-0.2, -0.15) is 5.10 Å². The van der Waals surface area contributed by atoms with E-state index in [1.54, 1.807) is 28.8 Å². The summed E-state index contributed by atoms with van der Waals surface area (Å²) in [6.07, 6.45) is 3.39. The van der Waals surface area contributed by atoms with Crippen molar-refractivity contribution in [1.82, 2.24) is 29.4 Å². The van der Waals surface area contributed by atoms with Gasteiger partial charge in [-0.15, -0.1) is 5.10 Å². The van der Waals surface area contributed by atoms with Crippen LogP contribution in [-0.2, 0) is 0 Å². The quantitative estimate of drug-likeness (QED) is 0.479. The van der Waals surface area contributed by atoms with Crippen LogP contribution in [0.4, 0.5) is 0 Å². The number of methoxy groups -OCH3 is 1. The lowest BCUT2D eigenvalue weighted by molar-refractivity contribution is 0.415. The molecule has 3 heterocycles. The number of rotatable bonds is 3. The zero-order valence-electron chi connectivity index (χ0n) is 14.2. The summed E-state index contributed by atoms with van der Waals surface area (Å²) >= 11 is 5.97. The average Bonchev–Trinajstić information content (AvgIpc) is 3.32. The van der Waals surface area contributed by atoms with Crippen LogP contribution < -0.4 is 4.74 Å². The predicted octanol–water partition coefficient (Wildman–Crippen LogP) is 3.79. The van der Waals surface area contributed by atoms with Crippen LogP contribution in [0.3, 0.4) is 0 Å². The maximum Gasteiger partial charge on any atom is 0.182 e. The molecule has 0 atom stereocenters. The van der Waals surface area contributed by atoms with Gasteiger partial charge >= 0.3 is 0 Å². The summed E-state index contributed by atoms with van der Waals surface area (Å²) in [5.74, 6) is 1.40. The first-order valence-electron chi connectivity index (χ1n) is 8.22. The van der Waals surface area contributed by atoms with Crippen LogP contribution in [0.5, 0.6) is 5.75 Å². The van der Waals surface area contributed by atoms with Crippen LogP contribution in [0, 0.1) is 0 Å². The maximum absolute atomic E-state index is 5.97. The Kier molecular flexibility index (Phi) is 3.54. The second-order valence-corrected chi connectivity index (χ2v) is 6.38. The molecule has 7 nitrogen and oxygen atoms in total. The zero-order chi connectivity index (χ0) is 18.4. The van der Waals surface area contributed by atoms with E-state index in [2.05, 4.69) is 20.2 Å². The number of halogens is 1. The van der Waals surface area contributed by atoms with Gasteiger partial charge in [0.05, 0.1) is 24.4 Å². The second kappa shape index (κ2) is 6.07. The van der Waals surface area contributed by atoms with Crippen LogP contribution in [-0.4, -0.2) is 36.5 Å². The van der Waals surface area contributed by atoms with Crippen molar-refractivity contribution in [3.05, 3.63) is 66.1 Å². The van der Waals surface area contributed by atoms with Crippen molar-refractivity contribution in [2.45, 2.75) is 0 Å². The van der Waals surface area contributed by atoms with E-state index in [1.807, 2.05) is 48.5 Å². The molecule has 0 fully saturated rings. The molecule has 0 unspecified atom stereocenters. The van der Waals surface area contributed by atoms with Gasteiger partial charge in [0.15, 0.2) is 17.1 Å². The minimum absolute atomic E-state index is 0.617. The lowest BCUT2D eigenvalue weighted by Crippen LogP contribution is -1.98. The van der Waals surface area contributed by atoms with Crippen LogP contribution in [0.2, 0.25) is 5.02 Å². The molecule has 0 saturated heterocycles. The lowest BCUT2D eigenvalue weighted by atomic mass is 10.2. The van der Waals surface area contributed by atoms with Gasteiger partial charge in [-0.3, -0.25) is 0 Å². The third kappa shape index (κ3) is 2.60. The van der Waals surface area contributed by atoms with E-state index in [4.69, 9.17) is 16.3 Å². The first-order valence-corrected chi connectivity index (χ1v) is 8.60. The lowest BCUT2D eigenvalue weighted by Gasteiger charge is -2.02. The molecule has 0 aliphatic carbocycles. The maximum atomic E-state index is 5.97. The second-order valence-electron chi connectivity index (χ2n) is 5.95. The summed E-state index contributed by atoms with van der Waals surface area (Å²) < 4.78 is 8.62. The van der Waals surface area contributed by atoms with Crippen molar-refractivity contribution in [3.8, 4) is 22.8 Å². The molecule has 0 aliphatic rings. The van der Waals surface area contributed by atoms with Gasteiger partial charge in [0.1, 0.15) is 12.1 Å². The van der Waals surface area contributed by atoms with Gasteiger partial charge in [-0.05, 0) is 48.5 Å². The first-order chi connectivity index (χ1) is 13.2. The largest absolute Gasteiger partial charge is 0.497 e. The fourth-order valence-corrected chi connectivity index (χ4v) is 3.08. The van der Waals surface area contributed by atoms with Crippen molar-refractivity contribution >= 4 is 28.3 Å². The van der Waals surface area contributed by atoms with Gasteiger partial charge in [-0.25, -0.2) is 19.2 Å². The minimum Gasteiger partial charge on any atom is -0.497 e. The Labute approximate surface area is 158 Å². The number of hydrogen-bond acceptors (Lipinski definition) is 5. The SMILES string of the molecule is COc1ccc(-c2nc3c4cnn(-c5ccc(Cl)cc5)c4ncn3n2)cc1. The van der Waals surface area contributed by atoms with Gasteiger partial charge in [0, 0.05) is 10.6 Å². The van der Waals surface area contributed by atoms with Crippen LogP contribution >= 0.6 is 11.6 Å². The molecule has 0 amide bonds. The van der Waals surface area contributed by atoms with E-state index < -0.39 is 0 Å². The number of benzene rings is 2. The standard InChI is InChI=1S/C19H13ClN6O/c1-27-15-8-2-12(3-9-15)17-23-19-16-10-22-26(14-6-4-13(20)5-7-14)18(16)21-11-25(19)24-17/h2-11H,1H3. The molecule has 0 aliphatic heterocycles. The fraction of sp³-hybridized carbons (Fsp3) is 0.0526. The van der Waals surface area contributed by atoms with Gasteiger partial charge < -0.3 is 4.74 Å². The van der Waals surface area contributed by atoms with Crippen molar-refractivity contribution in [1.29, 1.82) is 0 Å². The van der Waals surface area contributed by atoms with Crippen molar-refractivity contribution in [3.63, 3.8) is 0 Å². The topological polar surface area (TPSA) is 70.1 Å². The van der Waals surface area contributed by atoms with Crippen molar-refractivity contribution in [2.75, 3.05) is 7.11 Å². The fourth-order valence-electron chi connectivity index (χ4n) is 2.95. The first kappa shape index (κ1) is 15.8. The average molecular weight is 377 g/mol. The number of nitrogens with zero attached hydrogens (tertiary/aromatic N) is 6. The Morgan fingerprint density at radius 3 is 2.48 bits per heavy atom. The summed E-state index contributed by atoms with van der Waals surface area (Å²) in [5.41, 5.74) is 3.18. The Hall–Kier alpha value is -3.45. The summed E-state index contributed by atoms with van der Waals surface area (Å²) in [4.78, 5) is 9.19. The van der Waals surface area contributed by atoms with E-state index in [-0.39, 0.29) is 0 Å².